The molecule has 0 saturated carbocycles. The molecule has 3 rings (SSSR count). The average molecular weight is 316 g/mol. The zero-order valence-corrected chi connectivity index (χ0v) is 13.0. The maximum Gasteiger partial charge on any atom is 0.365 e. The van der Waals surface area contributed by atoms with Gasteiger partial charge >= 0.3 is 5.63 Å². The molecule has 2 N–H and O–H groups in total. The van der Waals surface area contributed by atoms with Crippen LogP contribution in [0.5, 0.6) is 0 Å². The summed E-state index contributed by atoms with van der Waals surface area (Å²) in [5.41, 5.74) is 1.98. The van der Waals surface area contributed by atoms with Crippen molar-refractivity contribution in [1.82, 2.24) is 15.4 Å². The van der Waals surface area contributed by atoms with Crippen molar-refractivity contribution in [1.29, 1.82) is 0 Å². The molecule has 1 amide bonds. The fourth-order valence-corrected chi connectivity index (χ4v) is 2.71. The van der Waals surface area contributed by atoms with Crippen LogP contribution in [0.2, 0.25) is 0 Å². The Bertz CT molecular complexity index is 744. The zero-order valence-electron chi connectivity index (χ0n) is 13.0. The molecule has 1 aliphatic rings. The van der Waals surface area contributed by atoms with Crippen LogP contribution in [0.3, 0.4) is 0 Å². The second-order valence-electron chi connectivity index (χ2n) is 5.48. The van der Waals surface area contributed by atoms with Crippen LogP contribution in [0.15, 0.2) is 39.8 Å². The number of nitrogens with zero attached hydrogens (tertiary/aromatic N) is 2. The Hall–Kier alpha value is -2.54. The van der Waals surface area contributed by atoms with Crippen LogP contribution in [0.4, 0.5) is 5.69 Å². The standard InChI is InChI=1S/C16H20N4O3/c1-12(21)18-11-20-10-14(16(22)23-20)13-4-2-3-5-15(13)19-8-6-17-7-9-19/h2-5,10,17H,6-9,11H2,1H3,(H,18,21). The van der Waals surface area contributed by atoms with Crippen LogP contribution >= 0.6 is 0 Å². The molecular weight excluding hydrogens is 296 g/mol. The van der Waals surface area contributed by atoms with Gasteiger partial charge in [0, 0.05) is 44.4 Å². The van der Waals surface area contributed by atoms with E-state index < -0.39 is 5.63 Å². The first-order valence-corrected chi connectivity index (χ1v) is 7.65. The number of nitrogens with one attached hydrogen (secondary N) is 2. The van der Waals surface area contributed by atoms with Gasteiger partial charge in [-0.1, -0.05) is 18.2 Å². The number of hydrogen-bond acceptors (Lipinski definition) is 5. The molecule has 0 spiro atoms. The zero-order chi connectivity index (χ0) is 16.2. The van der Waals surface area contributed by atoms with E-state index in [0.717, 1.165) is 37.4 Å². The first-order chi connectivity index (χ1) is 11.1. The van der Waals surface area contributed by atoms with Gasteiger partial charge in [0.2, 0.25) is 5.91 Å². The third-order valence-electron chi connectivity index (χ3n) is 3.83. The average Bonchev–Trinajstić information content (AvgIpc) is 2.94. The third kappa shape index (κ3) is 3.45. The number of carbonyl (C=O) groups excluding carboxylic acids is 1. The molecule has 0 bridgehead atoms. The van der Waals surface area contributed by atoms with Crippen LogP contribution in [0, 0.1) is 0 Å². The molecule has 7 nitrogen and oxygen atoms in total. The van der Waals surface area contributed by atoms with Crippen molar-refractivity contribution in [2.75, 3.05) is 31.1 Å². The quantitative estimate of drug-likeness (QED) is 0.864. The van der Waals surface area contributed by atoms with Gasteiger partial charge in [-0.15, -0.1) is 0 Å². The maximum absolute atomic E-state index is 12.2. The first kappa shape index (κ1) is 15.4. The van der Waals surface area contributed by atoms with Crippen molar-refractivity contribution in [3.8, 4) is 11.1 Å². The molecular formula is C16H20N4O3. The van der Waals surface area contributed by atoms with Crippen molar-refractivity contribution in [3.05, 3.63) is 40.9 Å². The van der Waals surface area contributed by atoms with E-state index in [1.165, 1.54) is 11.7 Å². The highest BCUT2D eigenvalue weighted by atomic mass is 16.5. The van der Waals surface area contributed by atoms with E-state index in [1.54, 1.807) is 6.20 Å². The first-order valence-electron chi connectivity index (χ1n) is 7.65. The molecule has 23 heavy (non-hydrogen) atoms. The van der Waals surface area contributed by atoms with Gasteiger partial charge in [-0.25, -0.2) is 4.79 Å². The Labute approximate surface area is 133 Å². The molecule has 1 saturated heterocycles. The Morgan fingerprint density at radius 2 is 2.00 bits per heavy atom. The van der Waals surface area contributed by atoms with Crippen molar-refractivity contribution in [3.63, 3.8) is 0 Å². The Balaban J connectivity index is 1.92. The van der Waals surface area contributed by atoms with Gasteiger partial charge in [0.1, 0.15) is 6.67 Å². The van der Waals surface area contributed by atoms with Gasteiger partial charge in [-0.05, 0) is 6.07 Å². The number of hydrogen-bond donors (Lipinski definition) is 2. The summed E-state index contributed by atoms with van der Waals surface area (Å²) in [5, 5.41) is 5.92. The van der Waals surface area contributed by atoms with E-state index in [-0.39, 0.29) is 12.6 Å². The van der Waals surface area contributed by atoms with E-state index in [4.69, 9.17) is 4.52 Å². The molecule has 1 aliphatic heterocycles. The number of rotatable bonds is 4. The summed E-state index contributed by atoms with van der Waals surface area (Å²) in [4.78, 5) is 25.4. The summed E-state index contributed by atoms with van der Waals surface area (Å²) in [7, 11) is 0. The summed E-state index contributed by atoms with van der Waals surface area (Å²) in [6, 6.07) is 7.82. The fourth-order valence-electron chi connectivity index (χ4n) is 2.71. The largest absolute Gasteiger partial charge is 0.368 e. The van der Waals surface area contributed by atoms with Crippen molar-refractivity contribution >= 4 is 11.6 Å². The molecule has 1 aromatic heterocycles. The Morgan fingerprint density at radius 1 is 1.26 bits per heavy atom. The van der Waals surface area contributed by atoms with E-state index in [2.05, 4.69) is 15.5 Å². The lowest BCUT2D eigenvalue weighted by Crippen LogP contribution is -2.43. The van der Waals surface area contributed by atoms with Crippen LogP contribution in [0.25, 0.3) is 11.1 Å². The smallest absolute Gasteiger partial charge is 0.365 e. The van der Waals surface area contributed by atoms with Crippen LogP contribution in [0.1, 0.15) is 6.92 Å². The number of benzene rings is 1. The van der Waals surface area contributed by atoms with Gasteiger partial charge in [-0.2, -0.15) is 4.74 Å². The maximum atomic E-state index is 12.2. The number of amides is 1. The van der Waals surface area contributed by atoms with E-state index in [9.17, 15) is 9.59 Å². The lowest BCUT2D eigenvalue weighted by Gasteiger charge is -2.30. The molecule has 2 aromatic rings. The van der Waals surface area contributed by atoms with Gasteiger partial charge < -0.3 is 20.1 Å². The van der Waals surface area contributed by atoms with E-state index in [0.29, 0.717) is 5.56 Å². The molecule has 0 radical (unpaired) electrons. The number of carbonyl (C=O) groups is 1. The van der Waals surface area contributed by atoms with E-state index >= 15 is 0 Å². The minimum Gasteiger partial charge on any atom is -0.368 e. The number of anilines is 1. The summed E-state index contributed by atoms with van der Waals surface area (Å²) < 4.78 is 6.52. The minimum absolute atomic E-state index is 0.139. The number of aromatic nitrogens is 1. The predicted molar refractivity (Wildman–Crippen MR) is 87.3 cm³/mol. The van der Waals surface area contributed by atoms with Crippen LogP contribution in [-0.2, 0) is 11.5 Å². The molecule has 0 aliphatic carbocycles. The van der Waals surface area contributed by atoms with Crippen LogP contribution in [-0.4, -0.2) is 36.8 Å². The highest BCUT2D eigenvalue weighted by Crippen LogP contribution is 2.29. The molecule has 7 heteroatoms. The number of para-hydroxylation sites is 1. The van der Waals surface area contributed by atoms with Gasteiger partial charge in [0.25, 0.3) is 0 Å². The van der Waals surface area contributed by atoms with Crippen molar-refractivity contribution in [2.24, 2.45) is 0 Å². The Kier molecular flexibility index (Phi) is 4.47. The lowest BCUT2D eigenvalue weighted by molar-refractivity contribution is -0.119. The molecule has 0 atom stereocenters. The minimum atomic E-state index is -0.405. The summed E-state index contributed by atoms with van der Waals surface area (Å²) in [5.74, 6) is -0.177. The van der Waals surface area contributed by atoms with Gasteiger partial charge in [0.05, 0.1) is 11.8 Å². The molecule has 122 valence electrons. The van der Waals surface area contributed by atoms with E-state index in [1.807, 2.05) is 24.3 Å². The Morgan fingerprint density at radius 3 is 2.74 bits per heavy atom. The molecule has 0 unspecified atom stereocenters. The fraction of sp³-hybridized carbons (Fsp3) is 0.375. The molecule has 1 aromatic carbocycles. The predicted octanol–water partition coefficient (Wildman–Crippen LogP) is 0.611. The third-order valence-corrected chi connectivity index (χ3v) is 3.83. The van der Waals surface area contributed by atoms with Gasteiger partial charge in [0.15, 0.2) is 0 Å². The lowest BCUT2D eigenvalue weighted by atomic mass is 10.1. The second-order valence-corrected chi connectivity index (χ2v) is 5.48. The normalized spacial score (nSPS) is 14.7. The molecule has 2 heterocycles. The SMILES string of the molecule is CC(=O)NCn1cc(-c2ccccc2N2CCNCC2)c(=O)o1. The summed E-state index contributed by atoms with van der Waals surface area (Å²) >= 11 is 0. The topological polar surface area (TPSA) is 79.5 Å². The highest BCUT2D eigenvalue weighted by molar-refractivity contribution is 5.77. The van der Waals surface area contributed by atoms with Crippen molar-refractivity contribution in [2.45, 2.75) is 13.6 Å². The summed E-state index contributed by atoms with van der Waals surface area (Å²) in [6.45, 7) is 5.20. The van der Waals surface area contributed by atoms with Crippen LogP contribution < -0.4 is 21.2 Å². The van der Waals surface area contributed by atoms with Crippen molar-refractivity contribution < 1.29 is 9.32 Å². The molecule has 1 fully saturated rings. The summed E-state index contributed by atoms with van der Waals surface area (Å²) in [6.07, 6.45) is 1.64. The highest BCUT2D eigenvalue weighted by Gasteiger charge is 2.18. The monoisotopic (exact) mass is 316 g/mol. The number of piperazine rings is 1. The van der Waals surface area contributed by atoms with Gasteiger partial charge in [-0.3, -0.25) is 4.79 Å². The second kappa shape index (κ2) is 6.70.